The monoisotopic (exact) mass is 558 g/mol. The number of aliphatic hydroxyl groups excluding tert-OH is 5. The topological polar surface area (TPSA) is 247 Å². The van der Waals surface area contributed by atoms with Crippen molar-refractivity contribution >= 4 is 11.9 Å². The Balaban J connectivity index is 1.69. The molecule has 7 N–H and O–H groups in total. The fourth-order valence-corrected chi connectivity index (χ4v) is 3.05. The van der Waals surface area contributed by atoms with Crippen molar-refractivity contribution in [3.63, 3.8) is 0 Å². The number of hydrogen-bond acceptors (Lipinski definition) is 15. The Kier molecular flexibility index (Phi) is 14.2. The molecule has 0 aromatic heterocycles. The summed E-state index contributed by atoms with van der Waals surface area (Å²) in [6.07, 6.45) is -8.68. The van der Waals surface area contributed by atoms with Crippen molar-refractivity contribution in [1.82, 2.24) is 0 Å². The molecule has 16 heteroatoms. The molecule has 222 valence electrons. The summed E-state index contributed by atoms with van der Waals surface area (Å²) in [7, 11) is 0. The molecular weight excluding hydrogens is 520 g/mol. The van der Waals surface area contributed by atoms with Crippen LogP contribution in [0.3, 0.4) is 0 Å². The minimum atomic E-state index is -3.08. The fraction of sp³-hybridized carbons (Fsp3) is 0.909. The van der Waals surface area contributed by atoms with E-state index in [9.17, 15) is 40.2 Å². The van der Waals surface area contributed by atoms with Crippen molar-refractivity contribution in [3.05, 3.63) is 0 Å². The summed E-state index contributed by atoms with van der Waals surface area (Å²) in [6.45, 7) is -0.328. The van der Waals surface area contributed by atoms with Gasteiger partial charge in [-0.2, -0.15) is 0 Å². The third kappa shape index (κ3) is 13.0. The Morgan fingerprint density at radius 3 is 1.53 bits per heavy atom. The first-order valence-electron chi connectivity index (χ1n) is 12.1. The summed E-state index contributed by atoms with van der Waals surface area (Å²) in [6, 6.07) is 0. The van der Waals surface area contributed by atoms with Crippen LogP contribution in [0.15, 0.2) is 0 Å². The van der Waals surface area contributed by atoms with Crippen LogP contribution in [-0.2, 0) is 42.7 Å². The maximum atomic E-state index is 12.4. The van der Waals surface area contributed by atoms with Crippen LogP contribution in [0.4, 0.5) is 0 Å². The highest BCUT2D eigenvalue weighted by molar-refractivity contribution is 5.88. The molecule has 2 aliphatic rings. The normalized spacial score (nSPS) is 24.1. The van der Waals surface area contributed by atoms with Crippen molar-refractivity contribution in [2.45, 2.75) is 54.7 Å². The zero-order valence-corrected chi connectivity index (χ0v) is 20.8. The Bertz CT molecular complexity index is 701. The number of carbonyl (C=O) groups excluding carboxylic acids is 1. The van der Waals surface area contributed by atoms with Crippen LogP contribution in [0.5, 0.6) is 0 Å². The van der Waals surface area contributed by atoms with E-state index in [0.717, 1.165) is 0 Å². The molecule has 2 aliphatic heterocycles. The molecule has 0 aromatic rings. The van der Waals surface area contributed by atoms with E-state index in [-0.39, 0.29) is 45.2 Å². The first kappa shape index (κ1) is 32.7. The quantitative estimate of drug-likeness (QED) is 0.0460. The molecule has 0 spiro atoms. The molecule has 2 heterocycles. The Labute approximate surface area is 218 Å². The van der Waals surface area contributed by atoms with Crippen LogP contribution in [0.1, 0.15) is 6.42 Å². The molecule has 2 fully saturated rings. The van der Waals surface area contributed by atoms with E-state index in [2.05, 4.69) is 0 Å². The van der Waals surface area contributed by atoms with Gasteiger partial charge in [0.1, 0.15) is 37.1 Å². The van der Waals surface area contributed by atoms with E-state index in [1.807, 2.05) is 0 Å². The summed E-state index contributed by atoms with van der Waals surface area (Å²) in [5.74, 6) is -3.57. The predicted octanol–water partition coefficient (Wildman–Crippen LogP) is -4.60. The number of hydrogen-bond donors (Lipinski definition) is 7. The molecule has 2 saturated heterocycles. The summed E-state index contributed by atoms with van der Waals surface area (Å²) in [5, 5.41) is 69.2. The van der Waals surface area contributed by atoms with Gasteiger partial charge < -0.3 is 68.9 Å². The number of carbonyl (C=O) groups is 2. The average Bonchev–Trinajstić information content (AvgIpc) is 3.78. The lowest BCUT2D eigenvalue weighted by atomic mass is 9.90. The van der Waals surface area contributed by atoms with Crippen molar-refractivity contribution in [3.8, 4) is 0 Å². The first-order valence-corrected chi connectivity index (χ1v) is 12.1. The summed E-state index contributed by atoms with van der Waals surface area (Å²) >= 11 is 0. The zero-order chi connectivity index (χ0) is 28.1. The highest BCUT2D eigenvalue weighted by Gasteiger charge is 2.50. The highest BCUT2D eigenvalue weighted by atomic mass is 16.6. The number of esters is 1. The molecule has 2 rings (SSSR count). The number of aliphatic carboxylic acids is 1. The molecule has 38 heavy (non-hydrogen) atoms. The number of aliphatic hydroxyl groups is 6. The maximum Gasteiger partial charge on any atom is 0.341 e. The number of carboxylic acid groups (broad SMARTS) is 1. The summed E-state index contributed by atoms with van der Waals surface area (Å²) in [5.41, 5.74) is -3.08. The van der Waals surface area contributed by atoms with Crippen LogP contribution in [0.25, 0.3) is 0 Å². The number of ether oxygens (including phenoxy) is 7. The molecule has 0 saturated carbocycles. The minimum absolute atomic E-state index is 0.0142. The fourth-order valence-electron chi connectivity index (χ4n) is 3.05. The standard InChI is InChI=1S/C22H38O16/c23-13(2-32-3-14(24)5-34-9-17-11-36-17)1-22(31,19(27)20(28)29)21(30)38-8-16(26)7-33-4-15(25)6-35-10-18-12-37-18/h13-19,23-27,31H,1-12H2,(H,28,29). The van der Waals surface area contributed by atoms with Crippen molar-refractivity contribution in [1.29, 1.82) is 0 Å². The largest absolute Gasteiger partial charge is 0.479 e. The highest BCUT2D eigenvalue weighted by Crippen LogP contribution is 2.21. The smallest absolute Gasteiger partial charge is 0.341 e. The van der Waals surface area contributed by atoms with E-state index < -0.39 is 67.7 Å². The van der Waals surface area contributed by atoms with E-state index in [1.165, 1.54) is 0 Å². The Morgan fingerprint density at radius 2 is 1.11 bits per heavy atom. The lowest BCUT2D eigenvalue weighted by Crippen LogP contribution is -2.56. The van der Waals surface area contributed by atoms with Crippen molar-refractivity contribution in [2.24, 2.45) is 0 Å². The maximum absolute atomic E-state index is 12.4. The molecular formula is C22H38O16. The Hall–Kier alpha value is -1.54. The van der Waals surface area contributed by atoms with Crippen molar-refractivity contribution < 1.29 is 78.5 Å². The lowest BCUT2D eigenvalue weighted by molar-refractivity contribution is -0.195. The predicted molar refractivity (Wildman–Crippen MR) is 121 cm³/mol. The van der Waals surface area contributed by atoms with Crippen LogP contribution >= 0.6 is 0 Å². The van der Waals surface area contributed by atoms with E-state index in [4.69, 9.17) is 38.3 Å². The van der Waals surface area contributed by atoms with Gasteiger partial charge in [0, 0.05) is 6.42 Å². The van der Waals surface area contributed by atoms with Gasteiger partial charge in [0.05, 0.1) is 72.2 Å². The lowest BCUT2D eigenvalue weighted by Gasteiger charge is -2.30. The molecule has 8 atom stereocenters. The summed E-state index contributed by atoms with van der Waals surface area (Å²) < 4.78 is 35.2. The molecule has 8 unspecified atom stereocenters. The number of rotatable bonds is 23. The number of carboxylic acids is 1. The second kappa shape index (κ2) is 16.5. The van der Waals surface area contributed by atoms with Crippen LogP contribution in [0.2, 0.25) is 0 Å². The van der Waals surface area contributed by atoms with Gasteiger partial charge in [0.2, 0.25) is 5.60 Å². The second-order valence-corrected chi connectivity index (χ2v) is 9.14. The van der Waals surface area contributed by atoms with E-state index in [0.29, 0.717) is 26.4 Å². The van der Waals surface area contributed by atoms with Gasteiger partial charge in [-0.05, 0) is 0 Å². The van der Waals surface area contributed by atoms with E-state index >= 15 is 0 Å². The number of epoxide rings is 2. The van der Waals surface area contributed by atoms with Crippen molar-refractivity contribution in [2.75, 3.05) is 72.7 Å². The molecule has 0 aromatic carbocycles. The second-order valence-electron chi connectivity index (χ2n) is 9.14. The van der Waals surface area contributed by atoms with Gasteiger partial charge in [-0.3, -0.25) is 0 Å². The molecule has 0 radical (unpaired) electrons. The Morgan fingerprint density at radius 1 is 0.711 bits per heavy atom. The van der Waals surface area contributed by atoms with Crippen LogP contribution in [0, 0.1) is 0 Å². The van der Waals surface area contributed by atoms with Gasteiger partial charge in [0.25, 0.3) is 0 Å². The van der Waals surface area contributed by atoms with Gasteiger partial charge in [-0.1, -0.05) is 0 Å². The van der Waals surface area contributed by atoms with Gasteiger partial charge >= 0.3 is 11.9 Å². The first-order chi connectivity index (χ1) is 18.0. The van der Waals surface area contributed by atoms with Gasteiger partial charge in [-0.15, -0.1) is 0 Å². The third-order valence-corrected chi connectivity index (χ3v) is 5.27. The molecule has 0 bridgehead atoms. The zero-order valence-electron chi connectivity index (χ0n) is 20.8. The van der Waals surface area contributed by atoms with Crippen LogP contribution < -0.4 is 0 Å². The summed E-state index contributed by atoms with van der Waals surface area (Å²) in [4.78, 5) is 23.7. The minimum Gasteiger partial charge on any atom is -0.479 e. The van der Waals surface area contributed by atoms with Gasteiger partial charge in [0.15, 0.2) is 6.10 Å². The average molecular weight is 559 g/mol. The van der Waals surface area contributed by atoms with Gasteiger partial charge in [-0.25, -0.2) is 9.59 Å². The molecule has 0 aliphatic carbocycles. The SMILES string of the molecule is O=C(O)C(O)C(O)(CC(O)COCC(O)COCC1CO1)C(=O)OCC(O)COCC(O)COCC1CO1. The third-order valence-electron chi connectivity index (χ3n) is 5.27. The van der Waals surface area contributed by atoms with Crippen LogP contribution in [-0.4, -0.2) is 169 Å². The van der Waals surface area contributed by atoms with E-state index in [1.54, 1.807) is 0 Å². The molecule has 0 amide bonds. The molecule has 16 nitrogen and oxygen atoms in total.